The van der Waals surface area contributed by atoms with E-state index in [4.69, 9.17) is 0 Å². The van der Waals surface area contributed by atoms with Crippen LogP contribution in [0, 0.1) is 5.92 Å². The van der Waals surface area contributed by atoms with Crippen molar-refractivity contribution in [3.8, 4) is 0 Å². The van der Waals surface area contributed by atoms with Crippen LogP contribution in [0.15, 0.2) is 28.7 Å². The van der Waals surface area contributed by atoms with Gasteiger partial charge in [0.2, 0.25) is 5.91 Å². The van der Waals surface area contributed by atoms with Gasteiger partial charge in [0.1, 0.15) is 0 Å². The van der Waals surface area contributed by atoms with Crippen LogP contribution in [-0.2, 0) is 11.2 Å². The molecule has 3 heteroatoms. The van der Waals surface area contributed by atoms with E-state index in [1.54, 1.807) is 0 Å². The third-order valence-corrected chi connectivity index (χ3v) is 4.08. The number of aryl methyl sites for hydroxylation is 1. The van der Waals surface area contributed by atoms with Gasteiger partial charge in [-0.3, -0.25) is 4.79 Å². The Morgan fingerprint density at radius 2 is 2.11 bits per heavy atom. The van der Waals surface area contributed by atoms with Crippen molar-refractivity contribution in [2.45, 2.75) is 32.6 Å². The molecule has 0 radical (unpaired) electrons. The Kier molecular flexibility index (Phi) is 4.81. The monoisotopic (exact) mass is 309 g/mol. The number of piperidine rings is 1. The first-order valence-corrected chi connectivity index (χ1v) is 7.46. The number of amides is 1. The summed E-state index contributed by atoms with van der Waals surface area (Å²) in [6, 6.07) is 8.22. The minimum absolute atomic E-state index is 0.310. The van der Waals surface area contributed by atoms with Crippen LogP contribution >= 0.6 is 15.9 Å². The molecule has 0 bridgehead atoms. The van der Waals surface area contributed by atoms with Gasteiger partial charge in [-0.25, -0.2) is 0 Å². The number of carbonyl (C=O) groups excluding carboxylic acids is 1. The Labute approximate surface area is 117 Å². The number of likely N-dealkylation sites (tertiary alicyclic amines) is 1. The molecule has 98 valence electrons. The summed E-state index contributed by atoms with van der Waals surface area (Å²) in [4.78, 5) is 14.1. The molecule has 2 rings (SSSR count). The third kappa shape index (κ3) is 3.84. The van der Waals surface area contributed by atoms with E-state index >= 15 is 0 Å². The fourth-order valence-corrected chi connectivity index (χ4v) is 2.74. The molecule has 1 atom stereocenters. The highest BCUT2D eigenvalue weighted by molar-refractivity contribution is 9.10. The average molecular weight is 310 g/mol. The maximum atomic E-state index is 12.1. The SMILES string of the molecule is CC1CCCN(C(=O)CCc2ccc(Br)cc2)C1. The predicted octanol–water partition coefficient (Wildman–Crippen LogP) is 3.64. The Morgan fingerprint density at radius 1 is 1.39 bits per heavy atom. The van der Waals surface area contributed by atoms with Crippen LogP contribution in [0.25, 0.3) is 0 Å². The molecule has 0 aromatic heterocycles. The maximum Gasteiger partial charge on any atom is 0.222 e. The number of nitrogens with zero attached hydrogens (tertiary/aromatic N) is 1. The molecular weight excluding hydrogens is 290 g/mol. The van der Waals surface area contributed by atoms with Crippen molar-refractivity contribution < 1.29 is 4.79 Å². The number of rotatable bonds is 3. The molecule has 1 aliphatic rings. The van der Waals surface area contributed by atoms with E-state index in [9.17, 15) is 4.79 Å². The Morgan fingerprint density at radius 3 is 2.78 bits per heavy atom. The van der Waals surface area contributed by atoms with E-state index < -0.39 is 0 Å². The molecule has 1 aromatic carbocycles. The van der Waals surface area contributed by atoms with E-state index in [-0.39, 0.29) is 0 Å². The largest absolute Gasteiger partial charge is 0.342 e. The molecule has 1 saturated heterocycles. The van der Waals surface area contributed by atoms with Gasteiger partial charge in [0, 0.05) is 24.0 Å². The van der Waals surface area contributed by atoms with Gasteiger partial charge in [-0.1, -0.05) is 35.0 Å². The van der Waals surface area contributed by atoms with Gasteiger partial charge in [0.05, 0.1) is 0 Å². The summed E-state index contributed by atoms with van der Waals surface area (Å²) in [7, 11) is 0. The topological polar surface area (TPSA) is 20.3 Å². The van der Waals surface area contributed by atoms with Crippen LogP contribution in [-0.4, -0.2) is 23.9 Å². The van der Waals surface area contributed by atoms with Crippen molar-refractivity contribution in [2.75, 3.05) is 13.1 Å². The lowest BCUT2D eigenvalue weighted by Crippen LogP contribution is -2.39. The van der Waals surface area contributed by atoms with E-state index in [1.165, 1.54) is 12.0 Å². The zero-order chi connectivity index (χ0) is 13.0. The van der Waals surface area contributed by atoms with Crippen molar-refractivity contribution >= 4 is 21.8 Å². The molecule has 0 aliphatic carbocycles. The summed E-state index contributed by atoms with van der Waals surface area (Å²) in [5.74, 6) is 0.972. The van der Waals surface area contributed by atoms with Gasteiger partial charge in [-0.2, -0.15) is 0 Å². The zero-order valence-corrected chi connectivity index (χ0v) is 12.4. The van der Waals surface area contributed by atoms with Crippen LogP contribution in [0.4, 0.5) is 0 Å². The molecular formula is C15H20BrNO. The third-order valence-electron chi connectivity index (χ3n) is 3.55. The summed E-state index contributed by atoms with van der Waals surface area (Å²) >= 11 is 3.42. The van der Waals surface area contributed by atoms with Crippen molar-refractivity contribution in [3.63, 3.8) is 0 Å². The summed E-state index contributed by atoms with van der Waals surface area (Å²) < 4.78 is 1.09. The molecule has 18 heavy (non-hydrogen) atoms. The Bertz CT molecular complexity index is 401. The summed E-state index contributed by atoms with van der Waals surface area (Å²) in [6.07, 6.45) is 3.90. The molecule has 0 saturated carbocycles. The van der Waals surface area contributed by atoms with Crippen molar-refractivity contribution in [1.29, 1.82) is 0 Å². The number of carbonyl (C=O) groups is 1. The molecule has 1 heterocycles. The second-order valence-corrected chi connectivity index (χ2v) is 6.13. The lowest BCUT2D eigenvalue weighted by molar-refractivity contribution is -0.132. The van der Waals surface area contributed by atoms with Crippen LogP contribution in [0.1, 0.15) is 31.7 Å². The average Bonchev–Trinajstić information content (AvgIpc) is 2.38. The summed E-state index contributed by atoms with van der Waals surface area (Å²) in [5.41, 5.74) is 1.23. The Hall–Kier alpha value is -0.830. The van der Waals surface area contributed by atoms with Crippen molar-refractivity contribution in [3.05, 3.63) is 34.3 Å². The van der Waals surface area contributed by atoms with Gasteiger partial charge in [0.15, 0.2) is 0 Å². The second-order valence-electron chi connectivity index (χ2n) is 5.21. The zero-order valence-electron chi connectivity index (χ0n) is 10.9. The first kappa shape index (κ1) is 13.6. The van der Waals surface area contributed by atoms with Gasteiger partial charge >= 0.3 is 0 Å². The maximum absolute atomic E-state index is 12.1. The molecule has 1 fully saturated rings. The Balaban J connectivity index is 1.82. The summed E-state index contributed by atoms with van der Waals surface area (Å²) in [5, 5.41) is 0. The lowest BCUT2D eigenvalue weighted by atomic mass is 9.99. The number of hydrogen-bond acceptors (Lipinski definition) is 1. The minimum atomic E-state index is 0.310. The minimum Gasteiger partial charge on any atom is -0.342 e. The van der Waals surface area contributed by atoms with E-state index in [0.717, 1.165) is 30.4 Å². The van der Waals surface area contributed by atoms with Gasteiger partial charge in [0.25, 0.3) is 0 Å². The van der Waals surface area contributed by atoms with Gasteiger partial charge < -0.3 is 4.90 Å². The smallest absolute Gasteiger partial charge is 0.222 e. The highest BCUT2D eigenvalue weighted by Gasteiger charge is 2.20. The van der Waals surface area contributed by atoms with Crippen LogP contribution in [0.5, 0.6) is 0 Å². The standard InChI is InChI=1S/C15H20BrNO/c1-12-3-2-10-17(11-12)15(18)9-6-13-4-7-14(16)8-5-13/h4-5,7-8,12H,2-3,6,9-11H2,1H3. The molecule has 1 aliphatic heterocycles. The van der Waals surface area contributed by atoms with Crippen LogP contribution in [0.2, 0.25) is 0 Å². The summed E-state index contributed by atoms with van der Waals surface area (Å²) in [6.45, 7) is 4.12. The molecule has 0 spiro atoms. The van der Waals surface area contributed by atoms with Gasteiger partial charge in [-0.05, 0) is 42.9 Å². The second kappa shape index (κ2) is 6.37. The highest BCUT2D eigenvalue weighted by atomic mass is 79.9. The fraction of sp³-hybridized carbons (Fsp3) is 0.533. The highest BCUT2D eigenvalue weighted by Crippen LogP contribution is 2.17. The molecule has 1 unspecified atom stereocenters. The first-order chi connectivity index (χ1) is 8.65. The number of hydrogen-bond donors (Lipinski definition) is 0. The van der Waals surface area contributed by atoms with Crippen molar-refractivity contribution in [2.24, 2.45) is 5.92 Å². The first-order valence-electron chi connectivity index (χ1n) is 6.67. The fourth-order valence-electron chi connectivity index (χ4n) is 2.48. The van der Waals surface area contributed by atoms with E-state index in [1.807, 2.05) is 17.0 Å². The van der Waals surface area contributed by atoms with Gasteiger partial charge in [-0.15, -0.1) is 0 Å². The van der Waals surface area contributed by atoms with Crippen LogP contribution in [0.3, 0.4) is 0 Å². The van der Waals surface area contributed by atoms with Crippen LogP contribution < -0.4 is 0 Å². The molecule has 2 nitrogen and oxygen atoms in total. The van der Waals surface area contributed by atoms with Crippen molar-refractivity contribution in [1.82, 2.24) is 4.90 Å². The lowest BCUT2D eigenvalue weighted by Gasteiger charge is -2.31. The molecule has 1 aromatic rings. The molecule has 0 N–H and O–H groups in total. The number of halogens is 1. The van der Waals surface area contributed by atoms with E-state index in [0.29, 0.717) is 18.2 Å². The molecule has 1 amide bonds. The van der Waals surface area contributed by atoms with E-state index in [2.05, 4.69) is 35.0 Å². The quantitative estimate of drug-likeness (QED) is 0.834. The number of benzene rings is 1. The predicted molar refractivity (Wildman–Crippen MR) is 77.4 cm³/mol. The normalized spacial score (nSPS) is 19.9.